The average Bonchev–Trinajstić information content (AvgIpc) is 2.79. The molecule has 0 radical (unpaired) electrons. The van der Waals surface area contributed by atoms with Crippen molar-refractivity contribution in [3.05, 3.63) is 72.3 Å². The molecule has 31 heavy (non-hydrogen) atoms. The third-order valence-electron chi connectivity index (χ3n) is 4.17. The van der Waals surface area contributed by atoms with Crippen LogP contribution in [0.3, 0.4) is 0 Å². The van der Waals surface area contributed by atoms with Gasteiger partial charge in [-0.1, -0.05) is 43.8 Å². The summed E-state index contributed by atoms with van der Waals surface area (Å²) in [6.45, 7) is 7.59. The van der Waals surface area contributed by atoms with Crippen LogP contribution in [0.5, 0.6) is 5.75 Å². The van der Waals surface area contributed by atoms with Crippen LogP contribution in [0.2, 0.25) is 0 Å². The number of nitrogens with one attached hydrogen (secondary N) is 1. The average molecular weight is 446 g/mol. The molecular weight excluding hydrogens is 414 g/mol. The lowest BCUT2D eigenvalue weighted by Crippen LogP contribution is -2.35. The summed E-state index contributed by atoms with van der Waals surface area (Å²) in [7, 11) is 0. The number of thioether (sulfide) groups is 1. The number of esters is 1. The van der Waals surface area contributed by atoms with Crippen molar-refractivity contribution < 1.29 is 25.2 Å². The van der Waals surface area contributed by atoms with E-state index in [0.717, 1.165) is 17.1 Å². The van der Waals surface area contributed by atoms with Gasteiger partial charge in [-0.2, -0.15) is 0 Å². The molecule has 0 spiro atoms. The van der Waals surface area contributed by atoms with Gasteiger partial charge in [0.25, 0.3) is 0 Å². The smallest absolute Gasteiger partial charge is 0.407 e. The predicted molar refractivity (Wildman–Crippen MR) is 125 cm³/mol. The van der Waals surface area contributed by atoms with Crippen LogP contribution < -0.4 is 10.1 Å². The molecule has 0 fully saturated rings. The van der Waals surface area contributed by atoms with E-state index in [0.29, 0.717) is 11.3 Å². The summed E-state index contributed by atoms with van der Waals surface area (Å²) in [6, 6.07) is 17.7. The second kappa shape index (κ2) is 13.4. The molecule has 0 saturated heterocycles. The van der Waals surface area contributed by atoms with Crippen molar-refractivity contribution in [2.45, 2.75) is 31.3 Å². The molecule has 6 nitrogen and oxygen atoms in total. The molecule has 2 aromatic rings. The maximum Gasteiger partial charge on any atom is 0.407 e. The van der Waals surface area contributed by atoms with Crippen molar-refractivity contribution in [1.29, 1.82) is 0 Å². The number of amides is 1. The first-order valence-electron chi connectivity index (χ1n) is 10.1. The van der Waals surface area contributed by atoms with Crippen LogP contribution in [0.15, 0.2) is 71.6 Å². The minimum absolute atomic E-state index is 0. The highest BCUT2D eigenvalue weighted by atomic mass is 32.2. The molecule has 7 heteroatoms. The Bertz CT molecular complexity index is 845. The van der Waals surface area contributed by atoms with Gasteiger partial charge in [-0.05, 0) is 43.2 Å². The Balaban J connectivity index is 0.00000512. The monoisotopic (exact) mass is 445 g/mol. The van der Waals surface area contributed by atoms with E-state index in [-0.39, 0.29) is 21.2 Å². The fourth-order valence-corrected chi connectivity index (χ4v) is 3.34. The number of benzene rings is 2. The first-order chi connectivity index (χ1) is 15.0. The van der Waals surface area contributed by atoms with Crippen LogP contribution in [-0.2, 0) is 20.7 Å². The second-order valence-corrected chi connectivity index (χ2v) is 7.90. The molecule has 168 valence electrons. The highest BCUT2D eigenvalue weighted by Gasteiger charge is 2.16. The minimum atomic E-state index is -0.588. The Morgan fingerprint density at radius 1 is 1.13 bits per heavy atom. The van der Waals surface area contributed by atoms with Gasteiger partial charge in [0, 0.05) is 17.6 Å². The molecule has 0 aromatic heterocycles. The van der Waals surface area contributed by atoms with Crippen LogP contribution in [0.25, 0.3) is 0 Å². The first-order valence-corrected chi connectivity index (χ1v) is 11.1. The zero-order valence-corrected chi connectivity index (χ0v) is 18.8. The van der Waals surface area contributed by atoms with E-state index in [1.165, 1.54) is 5.56 Å². The second-order valence-electron chi connectivity index (χ2n) is 6.80. The highest BCUT2D eigenvalue weighted by Crippen LogP contribution is 2.20. The van der Waals surface area contributed by atoms with Crippen LogP contribution in [0.1, 0.15) is 20.8 Å². The minimum Gasteiger partial charge on any atom is -0.490 e. The first kappa shape index (κ1) is 24.3. The molecular formula is C24H31NO5S. The molecule has 1 amide bonds. The number of hydrogen-bond acceptors (Lipinski definition) is 6. The van der Waals surface area contributed by atoms with E-state index in [2.05, 4.69) is 18.8 Å². The van der Waals surface area contributed by atoms with Gasteiger partial charge in [0.05, 0.1) is 6.54 Å². The zero-order valence-electron chi connectivity index (χ0n) is 18.0. The molecule has 1 atom stereocenters. The lowest BCUT2D eigenvalue weighted by molar-refractivity contribution is -0.138. The lowest BCUT2D eigenvalue weighted by Gasteiger charge is -2.19. The normalized spacial score (nSPS) is 11.3. The lowest BCUT2D eigenvalue weighted by atomic mass is 10.2. The predicted octanol–water partition coefficient (Wildman–Crippen LogP) is 4.88. The summed E-state index contributed by atoms with van der Waals surface area (Å²) in [5, 5.41) is 2.59. The van der Waals surface area contributed by atoms with E-state index < -0.39 is 18.2 Å². The fraction of sp³-hybridized carbons (Fsp3) is 0.333. The van der Waals surface area contributed by atoms with Crippen LogP contribution >= 0.6 is 11.8 Å². The van der Waals surface area contributed by atoms with Gasteiger partial charge in [0.1, 0.15) is 25.1 Å². The van der Waals surface area contributed by atoms with Crippen molar-refractivity contribution in [3.8, 4) is 5.75 Å². The third kappa shape index (κ3) is 9.61. The summed E-state index contributed by atoms with van der Waals surface area (Å²) in [5.41, 5.74) is 1.54. The van der Waals surface area contributed by atoms with Crippen molar-refractivity contribution in [3.63, 3.8) is 0 Å². The molecule has 0 aliphatic heterocycles. The van der Waals surface area contributed by atoms with Gasteiger partial charge in [-0.15, -0.1) is 11.8 Å². The van der Waals surface area contributed by atoms with Crippen molar-refractivity contribution in [2.24, 2.45) is 0 Å². The van der Waals surface area contributed by atoms with E-state index in [4.69, 9.17) is 14.2 Å². The third-order valence-corrected chi connectivity index (χ3v) is 5.32. The number of ether oxygens (including phenoxy) is 3. The summed E-state index contributed by atoms with van der Waals surface area (Å²) < 4.78 is 16.3. The maximum atomic E-state index is 12.2. The molecule has 0 aliphatic carbocycles. The summed E-state index contributed by atoms with van der Waals surface area (Å²) in [5.74, 6) is 0.771. The molecule has 0 heterocycles. The Hall–Kier alpha value is -2.93. The van der Waals surface area contributed by atoms with Gasteiger partial charge in [-0.3, -0.25) is 0 Å². The topological polar surface area (TPSA) is 73.9 Å². The van der Waals surface area contributed by atoms with Crippen molar-refractivity contribution in [1.82, 2.24) is 5.32 Å². The van der Waals surface area contributed by atoms with Gasteiger partial charge in [-0.25, -0.2) is 9.59 Å². The molecule has 0 aliphatic rings. The molecule has 1 N–H and O–H groups in total. The largest absolute Gasteiger partial charge is 0.490 e. The Kier molecular flexibility index (Phi) is 10.5. The van der Waals surface area contributed by atoms with E-state index in [1.54, 1.807) is 18.7 Å². The number of aryl methyl sites for hydroxylation is 1. The number of carbonyl (C=O) groups excluding carboxylic acids is 2. The SMILES string of the molecule is C=C(C)C(=O)OCCNC(=O)OC(COc1ccc(CC)cc1)CSc1ccccc1.[HH]. The number of carbonyl (C=O) groups is 2. The van der Waals surface area contributed by atoms with Crippen molar-refractivity contribution >= 4 is 23.8 Å². The zero-order chi connectivity index (χ0) is 22.5. The Morgan fingerprint density at radius 3 is 2.48 bits per heavy atom. The quantitative estimate of drug-likeness (QED) is 0.217. The van der Waals surface area contributed by atoms with Crippen molar-refractivity contribution in [2.75, 3.05) is 25.5 Å². The Morgan fingerprint density at radius 2 is 1.84 bits per heavy atom. The van der Waals surface area contributed by atoms with Gasteiger partial charge >= 0.3 is 12.1 Å². The Labute approximate surface area is 189 Å². The summed E-state index contributed by atoms with van der Waals surface area (Å²) in [6.07, 6.45) is -0.0920. The molecule has 0 bridgehead atoms. The summed E-state index contributed by atoms with van der Waals surface area (Å²) in [4.78, 5) is 24.6. The molecule has 1 unspecified atom stereocenters. The molecule has 2 aromatic carbocycles. The molecule has 2 rings (SSSR count). The van der Waals surface area contributed by atoms with Crippen LogP contribution in [0.4, 0.5) is 4.79 Å². The fourth-order valence-electron chi connectivity index (χ4n) is 2.45. The highest BCUT2D eigenvalue weighted by molar-refractivity contribution is 7.99. The van der Waals surface area contributed by atoms with E-state index in [1.807, 2.05) is 54.6 Å². The van der Waals surface area contributed by atoms with E-state index in [9.17, 15) is 9.59 Å². The molecule has 0 saturated carbocycles. The standard InChI is InChI=1S/C24H29NO5S.H2/c1-4-19-10-12-20(13-11-19)29-16-21(17-31-22-8-6-5-7-9-22)30-24(27)25-14-15-28-23(26)18(2)3;/h5-13,21H,2,4,14-17H2,1,3H3,(H,25,27);1H. The number of alkyl carbamates (subject to hydrolysis) is 1. The number of rotatable bonds is 12. The van der Waals surface area contributed by atoms with Gasteiger partial charge < -0.3 is 19.5 Å². The van der Waals surface area contributed by atoms with Crippen LogP contribution in [-0.4, -0.2) is 43.7 Å². The van der Waals surface area contributed by atoms with Crippen LogP contribution in [0, 0.1) is 0 Å². The number of hydrogen-bond donors (Lipinski definition) is 1. The maximum absolute atomic E-state index is 12.2. The van der Waals surface area contributed by atoms with E-state index >= 15 is 0 Å². The summed E-state index contributed by atoms with van der Waals surface area (Å²) >= 11 is 1.58. The van der Waals surface area contributed by atoms with Gasteiger partial charge in [0.15, 0.2) is 0 Å². The van der Waals surface area contributed by atoms with Gasteiger partial charge in [0.2, 0.25) is 0 Å².